The van der Waals surface area contributed by atoms with Crippen LogP contribution in [-0.4, -0.2) is 41.3 Å². The molecule has 1 aromatic carbocycles. The van der Waals surface area contributed by atoms with Gasteiger partial charge >= 0.3 is 0 Å². The topological polar surface area (TPSA) is 92.6 Å². The van der Waals surface area contributed by atoms with Crippen molar-refractivity contribution in [3.05, 3.63) is 46.0 Å². The van der Waals surface area contributed by atoms with Crippen LogP contribution in [0.1, 0.15) is 31.7 Å². The van der Waals surface area contributed by atoms with Gasteiger partial charge in [-0.2, -0.15) is 0 Å². The van der Waals surface area contributed by atoms with Gasteiger partial charge in [0.1, 0.15) is 0 Å². The number of rotatable bonds is 6. The van der Waals surface area contributed by atoms with Crippen molar-refractivity contribution >= 4 is 23.6 Å². The summed E-state index contributed by atoms with van der Waals surface area (Å²) >= 11 is 0. The summed E-state index contributed by atoms with van der Waals surface area (Å²) in [6.45, 7) is 3.78. The van der Waals surface area contributed by atoms with Crippen LogP contribution in [0.25, 0.3) is 6.08 Å². The molecular weight excluding hydrogens is 322 g/mol. The van der Waals surface area contributed by atoms with Gasteiger partial charge in [-0.25, -0.2) is 0 Å². The summed E-state index contributed by atoms with van der Waals surface area (Å²) < 4.78 is 0. The number of non-ortho nitro benzene ring substituents is 1. The molecule has 2 amide bonds. The first-order chi connectivity index (χ1) is 12.0. The third kappa shape index (κ3) is 5.41. The highest BCUT2D eigenvalue weighted by atomic mass is 16.6. The molecule has 25 heavy (non-hydrogen) atoms. The molecule has 2 rings (SSSR count). The van der Waals surface area contributed by atoms with Crippen LogP contribution in [0.2, 0.25) is 0 Å². The zero-order valence-electron chi connectivity index (χ0n) is 14.3. The van der Waals surface area contributed by atoms with Crippen LogP contribution < -0.4 is 5.32 Å². The first-order valence-electron chi connectivity index (χ1n) is 8.50. The molecule has 0 aliphatic carbocycles. The molecule has 0 saturated carbocycles. The summed E-state index contributed by atoms with van der Waals surface area (Å²) in [5.74, 6) is -0.101. The van der Waals surface area contributed by atoms with Crippen molar-refractivity contribution in [3.8, 4) is 0 Å². The van der Waals surface area contributed by atoms with E-state index in [9.17, 15) is 19.7 Å². The molecule has 1 N–H and O–H groups in total. The van der Waals surface area contributed by atoms with E-state index in [1.54, 1.807) is 23.1 Å². The second-order valence-electron chi connectivity index (χ2n) is 6.08. The number of likely N-dealkylation sites (tertiary alicyclic amines) is 1. The van der Waals surface area contributed by atoms with Gasteiger partial charge in [0.25, 0.3) is 5.69 Å². The number of hydrogen-bond donors (Lipinski definition) is 1. The van der Waals surface area contributed by atoms with Crippen LogP contribution in [0.4, 0.5) is 5.69 Å². The molecule has 0 atom stereocenters. The number of hydrogen-bond acceptors (Lipinski definition) is 4. The van der Waals surface area contributed by atoms with Crippen molar-refractivity contribution < 1.29 is 14.5 Å². The van der Waals surface area contributed by atoms with Gasteiger partial charge in [0.15, 0.2) is 0 Å². The molecule has 0 radical (unpaired) electrons. The van der Waals surface area contributed by atoms with Crippen LogP contribution >= 0.6 is 0 Å². The maximum Gasteiger partial charge on any atom is 0.270 e. The zero-order chi connectivity index (χ0) is 18.2. The number of carbonyl (C=O) groups is 2. The fraction of sp³-hybridized carbons (Fsp3) is 0.444. The molecule has 7 heteroatoms. The molecule has 1 heterocycles. The Morgan fingerprint density at radius 2 is 2.08 bits per heavy atom. The Labute approximate surface area is 146 Å². The van der Waals surface area contributed by atoms with Crippen molar-refractivity contribution in [1.29, 1.82) is 0 Å². The number of benzene rings is 1. The summed E-state index contributed by atoms with van der Waals surface area (Å²) in [5, 5.41) is 13.7. The predicted octanol–water partition coefficient (Wildman–Crippen LogP) is 2.37. The van der Waals surface area contributed by atoms with E-state index in [0.717, 1.165) is 6.42 Å². The normalized spacial score (nSPS) is 15.3. The third-order valence-corrected chi connectivity index (χ3v) is 4.23. The Kier molecular flexibility index (Phi) is 6.68. The maximum atomic E-state index is 12.2. The quantitative estimate of drug-likeness (QED) is 0.487. The number of nitrogens with one attached hydrogen (secondary N) is 1. The summed E-state index contributed by atoms with van der Waals surface area (Å²) in [6, 6.07) is 6.13. The van der Waals surface area contributed by atoms with Crippen molar-refractivity contribution in [2.75, 3.05) is 19.6 Å². The molecule has 0 unspecified atom stereocenters. The van der Waals surface area contributed by atoms with E-state index in [-0.39, 0.29) is 23.4 Å². The van der Waals surface area contributed by atoms with Gasteiger partial charge in [-0.1, -0.05) is 19.1 Å². The number of piperidine rings is 1. The number of carbonyl (C=O) groups excluding carboxylic acids is 2. The summed E-state index contributed by atoms with van der Waals surface area (Å²) in [7, 11) is 0. The molecule has 1 aliphatic heterocycles. The number of nitrogens with zero attached hydrogens (tertiary/aromatic N) is 2. The highest BCUT2D eigenvalue weighted by Crippen LogP contribution is 2.18. The SMILES string of the molecule is CCCNC(=O)C1CCN(C(=O)/C=C/c2cccc([N+](=O)[O-])c2)CC1. The Bertz CT molecular complexity index is 664. The largest absolute Gasteiger partial charge is 0.356 e. The lowest BCUT2D eigenvalue weighted by Gasteiger charge is -2.30. The van der Waals surface area contributed by atoms with E-state index < -0.39 is 4.92 Å². The van der Waals surface area contributed by atoms with Crippen LogP contribution in [0, 0.1) is 16.0 Å². The molecule has 0 spiro atoms. The Morgan fingerprint density at radius 1 is 1.36 bits per heavy atom. The van der Waals surface area contributed by atoms with Gasteiger partial charge in [0.2, 0.25) is 11.8 Å². The Morgan fingerprint density at radius 3 is 2.72 bits per heavy atom. The van der Waals surface area contributed by atoms with Gasteiger partial charge in [0.05, 0.1) is 4.92 Å². The van der Waals surface area contributed by atoms with E-state index in [1.807, 2.05) is 6.92 Å². The molecule has 0 bridgehead atoms. The smallest absolute Gasteiger partial charge is 0.270 e. The van der Waals surface area contributed by atoms with Crippen molar-refractivity contribution in [1.82, 2.24) is 10.2 Å². The van der Waals surface area contributed by atoms with E-state index in [0.29, 0.717) is 38.0 Å². The molecule has 1 aliphatic rings. The van der Waals surface area contributed by atoms with Gasteiger partial charge in [-0.05, 0) is 30.9 Å². The number of nitro groups is 1. The first kappa shape index (κ1) is 18.6. The minimum absolute atomic E-state index is 0.00601. The van der Waals surface area contributed by atoms with Gasteiger partial charge in [-0.15, -0.1) is 0 Å². The first-order valence-corrected chi connectivity index (χ1v) is 8.50. The minimum atomic E-state index is -0.465. The summed E-state index contributed by atoms with van der Waals surface area (Å²) in [6.07, 6.45) is 5.23. The molecule has 1 fully saturated rings. The lowest BCUT2D eigenvalue weighted by Crippen LogP contribution is -2.42. The minimum Gasteiger partial charge on any atom is -0.356 e. The lowest BCUT2D eigenvalue weighted by atomic mass is 9.96. The van der Waals surface area contributed by atoms with E-state index >= 15 is 0 Å². The third-order valence-electron chi connectivity index (χ3n) is 4.23. The van der Waals surface area contributed by atoms with Crippen molar-refractivity contribution in [2.24, 2.45) is 5.92 Å². The Hall–Kier alpha value is -2.70. The van der Waals surface area contributed by atoms with Gasteiger partial charge < -0.3 is 10.2 Å². The maximum absolute atomic E-state index is 12.2. The summed E-state index contributed by atoms with van der Waals surface area (Å²) in [5.41, 5.74) is 0.602. The van der Waals surface area contributed by atoms with Crippen LogP contribution in [0.15, 0.2) is 30.3 Å². The fourth-order valence-corrected chi connectivity index (χ4v) is 2.77. The number of nitro benzene ring substituents is 1. The standard InChI is InChI=1S/C18H23N3O4/c1-2-10-19-18(23)15-8-11-20(12-9-15)17(22)7-6-14-4-3-5-16(13-14)21(24)25/h3-7,13,15H,2,8-12H2,1H3,(H,19,23)/b7-6+. The highest BCUT2D eigenvalue weighted by molar-refractivity contribution is 5.92. The van der Waals surface area contributed by atoms with Crippen molar-refractivity contribution in [3.63, 3.8) is 0 Å². The van der Waals surface area contributed by atoms with Crippen molar-refractivity contribution in [2.45, 2.75) is 26.2 Å². The van der Waals surface area contributed by atoms with Crippen LogP contribution in [0.5, 0.6) is 0 Å². The molecule has 134 valence electrons. The van der Waals surface area contributed by atoms with Crippen LogP contribution in [0.3, 0.4) is 0 Å². The second-order valence-corrected chi connectivity index (χ2v) is 6.08. The highest BCUT2D eigenvalue weighted by Gasteiger charge is 2.26. The molecule has 7 nitrogen and oxygen atoms in total. The lowest BCUT2D eigenvalue weighted by molar-refractivity contribution is -0.384. The molecular formula is C18H23N3O4. The van der Waals surface area contributed by atoms with Gasteiger partial charge in [-0.3, -0.25) is 19.7 Å². The molecule has 0 aromatic heterocycles. The van der Waals surface area contributed by atoms with Gasteiger partial charge in [0, 0.05) is 43.8 Å². The number of amides is 2. The van der Waals surface area contributed by atoms with E-state index in [4.69, 9.17) is 0 Å². The average molecular weight is 345 g/mol. The molecule has 1 aromatic rings. The predicted molar refractivity (Wildman–Crippen MR) is 94.7 cm³/mol. The van der Waals surface area contributed by atoms with Crippen LogP contribution in [-0.2, 0) is 9.59 Å². The van der Waals surface area contributed by atoms with E-state index in [1.165, 1.54) is 18.2 Å². The fourth-order valence-electron chi connectivity index (χ4n) is 2.77. The van der Waals surface area contributed by atoms with E-state index in [2.05, 4.69) is 5.32 Å². The zero-order valence-corrected chi connectivity index (χ0v) is 14.3. The Balaban J connectivity index is 1.87. The average Bonchev–Trinajstić information content (AvgIpc) is 2.64. The molecule has 1 saturated heterocycles. The summed E-state index contributed by atoms with van der Waals surface area (Å²) in [4.78, 5) is 36.2. The second kappa shape index (κ2) is 8.96. The monoisotopic (exact) mass is 345 g/mol.